The predicted octanol–water partition coefficient (Wildman–Crippen LogP) is 2.54. The summed E-state index contributed by atoms with van der Waals surface area (Å²) in [6.07, 6.45) is 2.29. The summed E-state index contributed by atoms with van der Waals surface area (Å²) in [5.41, 5.74) is 3.05. The summed E-state index contributed by atoms with van der Waals surface area (Å²) < 4.78 is 0. The number of aliphatic carboxylic acids is 1. The first-order chi connectivity index (χ1) is 10.5. The van der Waals surface area contributed by atoms with Gasteiger partial charge in [0.05, 0.1) is 5.69 Å². The van der Waals surface area contributed by atoms with E-state index in [1.807, 2.05) is 18.2 Å². The molecule has 3 rings (SSSR count). The lowest BCUT2D eigenvalue weighted by Gasteiger charge is -2.16. The van der Waals surface area contributed by atoms with E-state index < -0.39 is 11.9 Å². The SMILES string of the molecule is CC(=O)Nc1cccc(-c2nc3c([nH]2)CCCC3C(=O)O)c1. The maximum Gasteiger partial charge on any atom is 0.312 e. The molecule has 0 aliphatic heterocycles. The molecule has 0 bridgehead atoms. The highest BCUT2D eigenvalue weighted by Gasteiger charge is 2.29. The van der Waals surface area contributed by atoms with E-state index in [2.05, 4.69) is 15.3 Å². The average Bonchev–Trinajstić information content (AvgIpc) is 2.90. The molecular formula is C16H17N3O3. The number of H-pyrrole nitrogens is 1. The number of nitrogens with one attached hydrogen (secondary N) is 2. The summed E-state index contributed by atoms with van der Waals surface area (Å²) in [4.78, 5) is 30.2. The number of carboxylic acids is 1. The van der Waals surface area contributed by atoms with Gasteiger partial charge >= 0.3 is 5.97 Å². The average molecular weight is 299 g/mol. The van der Waals surface area contributed by atoms with Gasteiger partial charge in [0.1, 0.15) is 11.7 Å². The van der Waals surface area contributed by atoms with Crippen LogP contribution in [0.1, 0.15) is 37.1 Å². The Hall–Kier alpha value is -2.63. The highest BCUT2D eigenvalue weighted by Crippen LogP contribution is 2.32. The molecule has 22 heavy (non-hydrogen) atoms. The highest BCUT2D eigenvalue weighted by molar-refractivity contribution is 5.89. The van der Waals surface area contributed by atoms with Crippen molar-refractivity contribution in [1.82, 2.24) is 9.97 Å². The van der Waals surface area contributed by atoms with Gasteiger partial charge in [-0.1, -0.05) is 12.1 Å². The van der Waals surface area contributed by atoms with Crippen LogP contribution < -0.4 is 5.32 Å². The van der Waals surface area contributed by atoms with Crippen LogP contribution in [0.3, 0.4) is 0 Å². The van der Waals surface area contributed by atoms with Gasteiger partial charge in [-0.25, -0.2) is 4.98 Å². The number of aryl methyl sites for hydroxylation is 1. The molecule has 1 unspecified atom stereocenters. The van der Waals surface area contributed by atoms with Crippen molar-refractivity contribution in [3.05, 3.63) is 35.7 Å². The molecule has 1 aromatic heterocycles. The highest BCUT2D eigenvalue weighted by atomic mass is 16.4. The van der Waals surface area contributed by atoms with E-state index in [9.17, 15) is 14.7 Å². The fourth-order valence-corrected chi connectivity index (χ4v) is 2.85. The number of amides is 1. The Morgan fingerprint density at radius 1 is 1.41 bits per heavy atom. The normalized spacial score (nSPS) is 16.9. The van der Waals surface area contributed by atoms with Gasteiger partial charge < -0.3 is 15.4 Å². The van der Waals surface area contributed by atoms with Crippen molar-refractivity contribution in [3.8, 4) is 11.4 Å². The second-order valence-electron chi connectivity index (χ2n) is 5.49. The molecule has 1 aliphatic carbocycles. The molecule has 0 saturated heterocycles. The van der Waals surface area contributed by atoms with Crippen LogP contribution in [0.25, 0.3) is 11.4 Å². The fraction of sp³-hybridized carbons (Fsp3) is 0.312. The first-order valence-electron chi connectivity index (χ1n) is 7.24. The van der Waals surface area contributed by atoms with Gasteiger partial charge in [-0.2, -0.15) is 0 Å². The molecule has 1 atom stereocenters. The Kier molecular flexibility index (Phi) is 3.66. The van der Waals surface area contributed by atoms with Crippen LogP contribution in [0.4, 0.5) is 5.69 Å². The number of anilines is 1. The lowest BCUT2D eigenvalue weighted by molar-refractivity contribution is -0.139. The molecule has 114 valence electrons. The Labute approximate surface area is 127 Å². The van der Waals surface area contributed by atoms with Crippen LogP contribution in [0.5, 0.6) is 0 Å². The summed E-state index contributed by atoms with van der Waals surface area (Å²) in [7, 11) is 0. The van der Waals surface area contributed by atoms with Gasteiger partial charge in [0.15, 0.2) is 0 Å². The number of benzene rings is 1. The Balaban J connectivity index is 1.96. The molecule has 0 fully saturated rings. The van der Waals surface area contributed by atoms with E-state index in [-0.39, 0.29) is 5.91 Å². The van der Waals surface area contributed by atoms with Gasteiger partial charge in [-0.3, -0.25) is 9.59 Å². The fourth-order valence-electron chi connectivity index (χ4n) is 2.85. The third kappa shape index (κ3) is 2.72. The zero-order valence-corrected chi connectivity index (χ0v) is 12.2. The second-order valence-corrected chi connectivity index (χ2v) is 5.49. The van der Waals surface area contributed by atoms with Crippen LogP contribution in [-0.4, -0.2) is 27.0 Å². The van der Waals surface area contributed by atoms with Gasteiger partial charge in [0.25, 0.3) is 0 Å². The first-order valence-corrected chi connectivity index (χ1v) is 7.24. The third-order valence-electron chi connectivity index (χ3n) is 3.81. The third-order valence-corrected chi connectivity index (χ3v) is 3.81. The van der Waals surface area contributed by atoms with Gasteiger partial charge in [-0.15, -0.1) is 0 Å². The van der Waals surface area contributed by atoms with Crippen LogP contribution in [0.15, 0.2) is 24.3 Å². The molecular weight excluding hydrogens is 282 g/mol. The van der Waals surface area contributed by atoms with E-state index in [4.69, 9.17) is 0 Å². The number of imidazole rings is 1. The second kappa shape index (κ2) is 5.63. The van der Waals surface area contributed by atoms with E-state index in [1.54, 1.807) is 6.07 Å². The van der Waals surface area contributed by atoms with Gasteiger partial charge in [0, 0.05) is 23.9 Å². The van der Waals surface area contributed by atoms with Crippen molar-refractivity contribution < 1.29 is 14.7 Å². The monoisotopic (exact) mass is 299 g/mol. The number of carbonyl (C=O) groups excluding carboxylic acids is 1. The van der Waals surface area contributed by atoms with E-state index >= 15 is 0 Å². The quantitative estimate of drug-likeness (QED) is 0.811. The zero-order valence-electron chi connectivity index (χ0n) is 12.2. The lowest BCUT2D eigenvalue weighted by atomic mass is 9.90. The number of aromatic nitrogens is 2. The molecule has 1 aliphatic rings. The maximum absolute atomic E-state index is 11.3. The number of hydrogen-bond donors (Lipinski definition) is 3. The summed E-state index contributed by atoms with van der Waals surface area (Å²) in [5, 5.41) is 12.0. The standard InChI is InChI=1S/C16H17N3O3/c1-9(20)17-11-5-2-4-10(8-11)15-18-13-7-3-6-12(16(21)22)14(13)19-15/h2,4-5,8,12H,3,6-7H2,1H3,(H,17,20)(H,18,19)(H,21,22). The molecule has 0 radical (unpaired) electrons. The number of rotatable bonds is 3. The molecule has 1 aromatic carbocycles. The minimum atomic E-state index is -0.828. The molecule has 1 heterocycles. The first kappa shape index (κ1) is 14.3. The molecule has 2 aromatic rings. The number of carboxylic acid groups (broad SMARTS) is 1. The Morgan fingerprint density at radius 2 is 2.23 bits per heavy atom. The van der Waals surface area contributed by atoms with Gasteiger partial charge in [-0.05, 0) is 31.4 Å². The van der Waals surface area contributed by atoms with Crippen molar-refractivity contribution in [2.45, 2.75) is 32.1 Å². The number of carbonyl (C=O) groups is 2. The van der Waals surface area contributed by atoms with Crippen molar-refractivity contribution >= 4 is 17.6 Å². The lowest BCUT2D eigenvalue weighted by Crippen LogP contribution is -2.17. The molecule has 6 nitrogen and oxygen atoms in total. The molecule has 0 saturated carbocycles. The van der Waals surface area contributed by atoms with E-state index in [0.717, 1.165) is 24.1 Å². The number of fused-ring (bicyclic) bond motifs is 1. The summed E-state index contributed by atoms with van der Waals surface area (Å²) in [6.45, 7) is 1.45. The van der Waals surface area contributed by atoms with E-state index in [1.165, 1.54) is 6.92 Å². The minimum absolute atomic E-state index is 0.137. The van der Waals surface area contributed by atoms with Crippen molar-refractivity contribution in [1.29, 1.82) is 0 Å². The van der Waals surface area contributed by atoms with Crippen LogP contribution >= 0.6 is 0 Å². The Bertz CT molecular complexity index is 736. The molecule has 6 heteroatoms. The van der Waals surface area contributed by atoms with Crippen LogP contribution in [-0.2, 0) is 16.0 Å². The van der Waals surface area contributed by atoms with Crippen molar-refractivity contribution in [3.63, 3.8) is 0 Å². The largest absolute Gasteiger partial charge is 0.481 e. The zero-order chi connectivity index (χ0) is 15.7. The van der Waals surface area contributed by atoms with Crippen LogP contribution in [0.2, 0.25) is 0 Å². The smallest absolute Gasteiger partial charge is 0.312 e. The summed E-state index contributed by atoms with van der Waals surface area (Å²) >= 11 is 0. The van der Waals surface area contributed by atoms with E-state index in [0.29, 0.717) is 23.6 Å². The number of nitrogens with zero attached hydrogens (tertiary/aromatic N) is 1. The minimum Gasteiger partial charge on any atom is -0.481 e. The van der Waals surface area contributed by atoms with Crippen LogP contribution in [0, 0.1) is 0 Å². The summed E-state index contributed by atoms with van der Waals surface area (Å²) in [6, 6.07) is 7.33. The predicted molar refractivity (Wildman–Crippen MR) is 81.6 cm³/mol. The van der Waals surface area contributed by atoms with Crippen molar-refractivity contribution in [2.75, 3.05) is 5.32 Å². The summed E-state index contributed by atoms with van der Waals surface area (Å²) in [5.74, 6) is -0.856. The molecule has 1 amide bonds. The molecule has 0 spiro atoms. The van der Waals surface area contributed by atoms with Gasteiger partial charge in [0.2, 0.25) is 5.91 Å². The topological polar surface area (TPSA) is 95.1 Å². The van der Waals surface area contributed by atoms with Crippen molar-refractivity contribution in [2.24, 2.45) is 0 Å². The number of hydrogen-bond acceptors (Lipinski definition) is 3. The Morgan fingerprint density at radius 3 is 2.95 bits per heavy atom. The maximum atomic E-state index is 11.3. The molecule has 3 N–H and O–H groups in total. The number of aromatic amines is 1.